The normalized spacial score (nSPS) is 18.4. The predicted molar refractivity (Wildman–Crippen MR) is 67.3 cm³/mol. The minimum atomic E-state index is -0.468. The lowest BCUT2D eigenvalue weighted by Gasteiger charge is -2.24. The molecule has 2 amide bonds. The van der Waals surface area contributed by atoms with Crippen LogP contribution in [-0.2, 0) is 9.59 Å². The number of carbonyl (C=O) groups excluding carboxylic acids is 2. The van der Waals surface area contributed by atoms with E-state index in [-0.39, 0.29) is 17.7 Å². The third kappa shape index (κ3) is 2.68. The molecule has 0 bridgehead atoms. The van der Waals surface area contributed by atoms with E-state index in [4.69, 9.17) is 0 Å². The monoisotopic (exact) mass is 238 g/mol. The van der Waals surface area contributed by atoms with Gasteiger partial charge in [0.25, 0.3) is 0 Å². The summed E-state index contributed by atoms with van der Waals surface area (Å²) in [5.74, 6) is -0.141. The summed E-state index contributed by atoms with van der Waals surface area (Å²) >= 11 is 0. The van der Waals surface area contributed by atoms with Crippen LogP contribution in [0.5, 0.6) is 0 Å². The Kier molecular flexibility index (Phi) is 3.96. The maximum Gasteiger partial charge on any atom is 0.242 e. The third-order valence-electron chi connectivity index (χ3n) is 3.48. The van der Waals surface area contributed by atoms with Crippen LogP contribution < -0.4 is 10.6 Å². The first kappa shape index (κ1) is 13.7. The molecular formula is C13H22N2O2. The van der Waals surface area contributed by atoms with E-state index in [2.05, 4.69) is 17.2 Å². The molecule has 17 heavy (non-hydrogen) atoms. The topological polar surface area (TPSA) is 58.2 Å². The van der Waals surface area contributed by atoms with E-state index in [0.29, 0.717) is 0 Å². The first-order chi connectivity index (χ1) is 7.85. The Labute approximate surface area is 103 Å². The molecule has 0 spiro atoms. The summed E-state index contributed by atoms with van der Waals surface area (Å²) in [6.45, 7) is 9.57. The quantitative estimate of drug-likeness (QED) is 0.708. The van der Waals surface area contributed by atoms with Crippen molar-refractivity contribution in [3.8, 4) is 0 Å². The van der Waals surface area contributed by atoms with Crippen molar-refractivity contribution in [3.63, 3.8) is 0 Å². The van der Waals surface area contributed by atoms with Crippen LogP contribution in [0.25, 0.3) is 0 Å². The SMILES string of the molecule is C=C(C)C1(C(=O)N[C@H](C(=O)NC)C(C)C)CC1. The van der Waals surface area contributed by atoms with Gasteiger partial charge in [0.05, 0.1) is 5.41 Å². The van der Waals surface area contributed by atoms with Gasteiger partial charge in [-0.3, -0.25) is 9.59 Å². The van der Waals surface area contributed by atoms with E-state index in [1.54, 1.807) is 7.05 Å². The highest BCUT2D eigenvalue weighted by Crippen LogP contribution is 2.51. The minimum Gasteiger partial charge on any atom is -0.357 e. The third-order valence-corrected chi connectivity index (χ3v) is 3.48. The van der Waals surface area contributed by atoms with E-state index >= 15 is 0 Å². The molecule has 1 rings (SSSR count). The first-order valence-corrected chi connectivity index (χ1v) is 6.03. The first-order valence-electron chi connectivity index (χ1n) is 6.03. The van der Waals surface area contributed by atoms with Gasteiger partial charge in [-0.2, -0.15) is 0 Å². The predicted octanol–water partition coefficient (Wildman–Crippen LogP) is 1.23. The summed E-state index contributed by atoms with van der Waals surface area (Å²) in [6, 6.07) is -0.468. The molecule has 1 aliphatic rings. The molecule has 0 aromatic rings. The van der Waals surface area contributed by atoms with Gasteiger partial charge in [0.1, 0.15) is 6.04 Å². The van der Waals surface area contributed by atoms with E-state index < -0.39 is 11.5 Å². The van der Waals surface area contributed by atoms with Crippen LogP contribution in [0.2, 0.25) is 0 Å². The molecule has 1 saturated carbocycles. The van der Waals surface area contributed by atoms with Crippen molar-refractivity contribution >= 4 is 11.8 Å². The van der Waals surface area contributed by atoms with Crippen LogP contribution in [0, 0.1) is 11.3 Å². The second-order valence-electron chi connectivity index (χ2n) is 5.17. The molecule has 0 unspecified atom stereocenters. The van der Waals surface area contributed by atoms with Gasteiger partial charge in [-0.25, -0.2) is 0 Å². The summed E-state index contributed by atoms with van der Waals surface area (Å²) in [4.78, 5) is 23.8. The van der Waals surface area contributed by atoms with Gasteiger partial charge in [0.15, 0.2) is 0 Å². The zero-order valence-electron chi connectivity index (χ0n) is 11.1. The van der Waals surface area contributed by atoms with E-state index in [0.717, 1.165) is 18.4 Å². The van der Waals surface area contributed by atoms with Crippen molar-refractivity contribution in [1.29, 1.82) is 0 Å². The summed E-state index contributed by atoms with van der Waals surface area (Å²) < 4.78 is 0. The maximum atomic E-state index is 12.2. The molecule has 1 atom stereocenters. The van der Waals surface area contributed by atoms with Gasteiger partial charge in [-0.1, -0.05) is 26.0 Å². The summed E-state index contributed by atoms with van der Waals surface area (Å²) in [6.07, 6.45) is 1.68. The van der Waals surface area contributed by atoms with Crippen molar-refractivity contribution in [2.75, 3.05) is 7.05 Å². The minimum absolute atomic E-state index is 0.0627. The van der Waals surface area contributed by atoms with Crippen molar-refractivity contribution < 1.29 is 9.59 Å². The molecule has 2 N–H and O–H groups in total. The van der Waals surface area contributed by atoms with Gasteiger partial charge < -0.3 is 10.6 Å². The smallest absolute Gasteiger partial charge is 0.242 e. The highest BCUT2D eigenvalue weighted by atomic mass is 16.2. The second-order valence-corrected chi connectivity index (χ2v) is 5.17. The Balaban J connectivity index is 2.72. The Morgan fingerprint density at radius 1 is 1.29 bits per heavy atom. The molecule has 0 radical (unpaired) electrons. The van der Waals surface area contributed by atoms with Crippen LogP contribution in [-0.4, -0.2) is 24.9 Å². The van der Waals surface area contributed by atoms with Crippen LogP contribution in [0.1, 0.15) is 33.6 Å². The number of hydrogen-bond donors (Lipinski definition) is 2. The van der Waals surface area contributed by atoms with Crippen LogP contribution in [0.3, 0.4) is 0 Å². The highest BCUT2D eigenvalue weighted by molar-refractivity contribution is 5.93. The standard InChI is InChI=1S/C13H22N2O2/c1-8(2)10(11(16)14-5)15-12(17)13(6-7-13)9(3)4/h8,10H,3,6-7H2,1-2,4-5H3,(H,14,16)(H,15,17)/t10-/m0/s1. The zero-order chi connectivity index (χ0) is 13.2. The Morgan fingerprint density at radius 2 is 1.82 bits per heavy atom. The molecule has 0 aliphatic heterocycles. The van der Waals surface area contributed by atoms with Gasteiger partial charge >= 0.3 is 0 Å². The highest BCUT2D eigenvalue weighted by Gasteiger charge is 2.51. The van der Waals surface area contributed by atoms with Gasteiger partial charge in [0, 0.05) is 7.05 Å². The number of rotatable bonds is 5. The lowest BCUT2D eigenvalue weighted by molar-refractivity contribution is -0.131. The molecule has 0 aromatic carbocycles. The molecule has 1 aliphatic carbocycles. The fourth-order valence-electron chi connectivity index (χ4n) is 1.94. The number of likely N-dealkylation sites (N-methyl/N-ethyl adjacent to an activating group) is 1. The molecule has 96 valence electrons. The molecule has 0 saturated heterocycles. The zero-order valence-corrected chi connectivity index (χ0v) is 11.1. The van der Waals surface area contributed by atoms with Crippen molar-refractivity contribution in [3.05, 3.63) is 12.2 Å². The largest absolute Gasteiger partial charge is 0.357 e. The van der Waals surface area contributed by atoms with Crippen LogP contribution in [0.4, 0.5) is 0 Å². The number of carbonyl (C=O) groups is 2. The molecular weight excluding hydrogens is 216 g/mol. The lowest BCUT2D eigenvalue weighted by atomic mass is 9.95. The molecule has 4 heteroatoms. The van der Waals surface area contributed by atoms with E-state index in [9.17, 15) is 9.59 Å². The van der Waals surface area contributed by atoms with E-state index in [1.807, 2.05) is 20.8 Å². The molecule has 1 fully saturated rings. The van der Waals surface area contributed by atoms with Gasteiger partial charge in [0.2, 0.25) is 11.8 Å². The fourth-order valence-corrected chi connectivity index (χ4v) is 1.94. The Morgan fingerprint density at radius 3 is 2.12 bits per heavy atom. The van der Waals surface area contributed by atoms with Crippen LogP contribution in [0.15, 0.2) is 12.2 Å². The summed E-state index contributed by atoms with van der Waals surface area (Å²) in [5, 5.41) is 5.42. The summed E-state index contributed by atoms with van der Waals surface area (Å²) in [7, 11) is 1.58. The second kappa shape index (κ2) is 4.90. The van der Waals surface area contributed by atoms with Crippen molar-refractivity contribution in [2.24, 2.45) is 11.3 Å². The number of hydrogen-bond acceptors (Lipinski definition) is 2. The Hall–Kier alpha value is -1.32. The fraction of sp³-hybridized carbons (Fsp3) is 0.692. The van der Waals surface area contributed by atoms with Crippen molar-refractivity contribution in [2.45, 2.75) is 39.7 Å². The Bertz CT molecular complexity index is 343. The molecule has 4 nitrogen and oxygen atoms in total. The maximum absolute atomic E-state index is 12.2. The van der Waals surface area contributed by atoms with E-state index in [1.165, 1.54) is 0 Å². The average molecular weight is 238 g/mol. The molecule has 0 heterocycles. The lowest BCUT2D eigenvalue weighted by Crippen LogP contribution is -2.51. The van der Waals surface area contributed by atoms with Gasteiger partial charge in [-0.05, 0) is 25.7 Å². The van der Waals surface area contributed by atoms with Crippen LogP contribution >= 0.6 is 0 Å². The average Bonchev–Trinajstić information content (AvgIpc) is 3.05. The number of amides is 2. The van der Waals surface area contributed by atoms with Crippen molar-refractivity contribution in [1.82, 2.24) is 10.6 Å². The molecule has 0 aromatic heterocycles. The number of nitrogens with one attached hydrogen (secondary N) is 2. The summed E-state index contributed by atoms with van der Waals surface area (Å²) in [5.41, 5.74) is 0.468. The van der Waals surface area contributed by atoms with Gasteiger partial charge in [-0.15, -0.1) is 0 Å².